The maximum atomic E-state index is 12.1. The molecule has 0 spiro atoms. The topological polar surface area (TPSA) is 26.3 Å². The van der Waals surface area contributed by atoms with E-state index in [0.29, 0.717) is 18.3 Å². The van der Waals surface area contributed by atoms with Gasteiger partial charge in [0, 0.05) is 12.3 Å². The number of esters is 1. The van der Waals surface area contributed by atoms with Crippen molar-refractivity contribution in [1.82, 2.24) is 0 Å². The van der Waals surface area contributed by atoms with Crippen molar-refractivity contribution in [3.8, 4) is 0 Å². The van der Waals surface area contributed by atoms with E-state index in [1.165, 1.54) is 56.9 Å². The Morgan fingerprint density at radius 1 is 1.00 bits per heavy atom. The van der Waals surface area contributed by atoms with Gasteiger partial charge in [-0.05, 0) is 38.5 Å². The number of carbonyl (C=O) groups is 1. The summed E-state index contributed by atoms with van der Waals surface area (Å²) in [5, 5.41) is 0. The van der Waals surface area contributed by atoms with E-state index >= 15 is 0 Å². The summed E-state index contributed by atoms with van der Waals surface area (Å²) in [6.07, 6.45) is 15.5. The summed E-state index contributed by atoms with van der Waals surface area (Å²) in [4.78, 5) is 12.1. The zero-order chi connectivity index (χ0) is 17.8. The summed E-state index contributed by atoms with van der Waals surface area (Å²) in [7, 11) is 0. The maximum Gasteiger partial charge on any atom is 0.306 e. The second-order valence-corrected chi connectivity index (χ2v) is 7.98. The van der Waals surface area contributed by atoms with Crippen LogP contribution in [0.1, 0.15) is 104 Å². The fraction of sp³-hybridized carbons (Fsp3) is 0.864. The van der Waals surface area contributed by atoms with Crippen molar-refractivity contribution in [3.05, 3.63) is 12.2 Å². The van der Waals surface area contributed by atoms with Gasteiger partial charge in [-0.2, -0.15) is 0 Å². The number of hydrogen-bond acceptors (Lipinski definition) is 2. The molecule has 3 atom stereocenters. The Bertz CT molecular complexity index is 361. The van der Waals surface area contributed by atoms with Gasteiger partial charge in [-0.1, -0.05) is 77.4 Å². The second kappa shape index (κ2) is 12.6. The number of ether oxygens (including phenoxy) is 1. The van der Waals surface area contributed by atoms with Crippen LogP contribution in [0.15, 0.2) is 12.2 Å². The molecule has 3 unspecified atom stereocenters. The molecule has 0 bridgehead atoms. The quantitative estimate of drug-likeness (QED) is 0.222. The van der Waals surface area contributed by atoms with E-state index in [0.717, 1.165) is 25.7 Å². The summed E-state index contributed by atoms with van der Waals surface area (Å²) in [6.45, 7) is 10.7. The van der Waals surface area contributed by atoms with Crippen molar-refractivity contribution in [2.75, 3.05) is 0 Å². The first-order valence-corrected chi connectivity index (χ1v) is 10.4. The molecule has 0 amide bonds. The molecule has 24 heavy (non-hydrogen) atoms. The van der Waals surface area contributed by atoms with E-state index in [2.05, 4.69) is 27.4 Å². The lowest BCUT2D eigenvalue weighted by atomic mass is 9.77. The lowest BCUT2D eigenvalue weighted by Gasteiger charge is -2.34. The SMILES string of the molecule is C=C(C)C1CCC(C)CC1OC(=O)CCCCCCCCCCC. The summed E-state index contributed by atoms with van der Waals surface area (Å²) in [5.41, 5.74) is 1.17. The smallest absolute Gasteiger partial charge is 0.306 e. The van der Waals surface area contributed by atoms with Crippen LogP contribution in [0.3, 0.4) is 0 Å². The number of hydrogen-bond donors (Lipinski definition) is 0. The van der Waals surface area contributed by atoms with Crippen molar-refractivity contribution >= 4 is 5.97 Å². The predicted octanol–water partition coefficient (Wildman–Crippen LogP) is 6.83. The molecular formula is C22H40O2. The molecule has 0 aromatic heterocycles. The highest BCUT2D eigenvalue weighted by Gasteiger charge is 2.31. The highest BCUT2D eigenvalue weighted by Crippen LogP contribution is 2.34. The van der Waals surface area contributed by atoms with E-state index in [1.807, 2.05) is 0 Å². The summed E-state index contributed by atoms with van der Waals surface area (Å²) < 4.78 is 5.81. The van der Waals surface area contributed by atoms with Crippen LogP contribution in [-0.2, 0) is 9.53 Å². The Morgan fingerprint density at radius 3 is 2.17 bits per heavy atom. The average Bonchev–Trinajstić information content (AvgIpc) is 2.53. The summed E-state index contributed by atoms with van der Waals surface area (Å²) in [6, 6.07) is 0. The molecule has 0 radical (unpaired) electrons. The molecule has 2 heteroatoms. The van der Waals surface area contributed by atoms with Gasteiger partial charge in [0.05, 0.1) is 0 Å². The first-order valence-electron chi connectivity index (χ1n) is 10.4. The Morgan fingerprint density at radius 2 is 1.58 bits per heavy atom. The number of rotatable bonds is 12. The Balaban J connectivity index is 2.11. The minimum Gasteiger partial charge on any atom is -0.462 e. The van der Waals surface area contributed by atoms with E-state index in [1.54, 1.807) is 0 Å². The fourth-order valence-corrected chi connectivity index (χ4v) is 3.83. The van der Waals surface area contributed by atoms with Crippen LogP contribution in [0, 0.1) is 11.8 Å². The van der Waals surface area contributed by atoms with Gasteiger partial charge in [0.2, 0.25) is 0 Å². The van der Waals surface area contributed by atoms with Crippen LogP contribution < -0.4 is 0 Å². The molecule has 1 saturated carbocycles. The van der Waals surface area contributed by atoms with Crippen LogP contribution in [0.2, 0.25) is 0 Å². The highest BCUT2D eigenvalue weighted by atomic mass is 16.5. The largest absolute Gasteiger partial charge is 0.462 e. The predicted molar refractivity (Wildman–Crippen MR) is 103 cm³/mol. The van der Waals surface area contributed by atoms with Gasteiger partial charge in [-0.25, -0.2) is 0 Å². The molecule has 0 N–H and O–H groups in total. The molecule has 1 rings (SSSR count). The van der Waals surface area contributed by atoms with Crippen LogP contribution in [0.5, 0.6) is 0 Å². The van der Waals surface area contributed by atoms with E-state index in [-0.39, 0.29) is 12.1 Å². The molecule has 2 nitrogen and oxygen atoms in total. The molecule has 1 aliphatic carbocycles. The van der Waals surface area contributed by atoms with E-state index < -0.39 is 0 Å². The van der Waals surface area contributed by atoms with Gasteiger partial charge >= 0.3 is 5.97 Å². The average molecular weight is 337 g/mol. The molecule has 0 aromatic carbocycles. The second-order valence-electron chi connectivity index (χ2n) is 7.98. The zero-order valence-electron chi connectivity index (χ0n) is 16.4. The molecular weight excluding hydrogens is 296 g/mol. The molecule has 0 saturated heterocycles. The number of carbonyl (C=O) groups excluding carboxylic acids is 1. The Hall–Kier alpha value is -0.790. The third kappa shape index (κ3) is 8.89. The minimum absolute atomic E-state index is 0.00305. The van der Waals surface area contributed by atoms with Crippen molar-refractivity contribution in [2.24, 2.45) is 11.8 Å². The van der Waals surface area contributed by atoms with Crippen molar-refractivity contribution in [1.29, 1.82) is 0 Å². The minimum atomic E-state index is 0.00305. The fourth-order valence-electron chi connectivity index (χ4n) is 3.83. The zero-order valence-corrected chi connectivity index (χ0v) is 16.4. The molecule has 1 fully saturated rings. The highest BCUT2D eigenvalue weighted by molar-refractivity contribution is 5.69. The van der Waals surface area contributed by atoms with Gasteiger partial charge in [-0.3, -0.25) is 4.79 Å². The van der Waals surface area contributed by atoms with Crippen molar-refractivity contribution in [3.63, 3.8) is 0 Å². The molecule has 0 heterocycles. The van der Waals surface area contributed by atoms with Crippen LogP contribution >= 0.6 is 0 Å². The van der Waals surface area contributed by atoms with E-state index in [4.69, 9.17) is 4.74 Å². The molecule has 0 aliphatic heterocycles. The summed E-state index contributed by atoms with van der Waals surface area (Å²) in [5.74, 6) is 1.03. The Labute approximate surface area is 150 Å². The first kappa shape index (κ1) is 21.3. The first-order chi connectivity index (χ1) is 11.5. The molecule has 140 valence electrons. The van der Waals surface area contributed by atoms with Gasteiger partial charge in [0.25, 0.3) is 0 Å². The number of unbranched alkanes of at least 4 members (excludes halogenated alkanes) is 8. The van der Waals surface area contributed by atoms with Crippen molar-refractivity contribution < 1.29 is 9.53 Å². The summed E-state index contributed by atoms with van der Waals surface area (Å²) >= 11 is 0. The molecule has 0 aromatic rings. The monoisotopic (exact) mass is 336 g/mol. The van der Waals surface area contributed by atoms with Gasteiger partial charge < -0.3 is 4.74 Å². The van der Waals surface area contributed by atoms with Gasteiger partial charge in [0.1, 0.15) is 6.10 Å². The maximum absolute atomic E-state index is 12.1. The standard InChI is InChI=1S/C22H40O2/c1-5-6-7-8-9-10-11-12-13-14-22(23)24-21-17-19(4)15-16-20(21)18(2)3/h19-21H,2,5-17H2,1,3-4H3. The van der Waals surface area contributed by atoms with Crippen LogP contribution in [0.4, 0.5) is 0 Å². The van der Waals surface area contributed by atoms with Gasteiger partial charge in [0.15, 0.2) is 0 Å². The molecule has 1 aliphatic rings. The Kier molecular flexibility index (Phi) is 11.1. The lowest BCUT2D eigenvalue weighted by molar-refractivity contribution is -0.153. The van der Waals surface area contributed by atoms with Crippen molar-refractivity contribution in [2.45, 2.75) is 110 Å². The van der Waals surface area contributed by atoms with E-state index in [9.17, 15) is 4.79 Å². The third-order valence-electron chi connectivity index (χ3n) is 5.45. The van der Waals surface area contributed by atoms with Gasteiger partial charge in [-0.15, -0.1) is 0 Å². The normalized spacial score (nSPS) is 23.9. The van der Waals surface area contributed by atoms with Crippen LogP contribution in [0.25, 0.3) is 0 Å². The third-order valence-corrected chi connectivity index (χ3v) is 5.45. The van der Waals surface area contributed by atoms with Crippen LogP contribution in [-0.4, -0.2) is 12.1 Å². The lowest BCUT2D eigenvalue weighted by Crippen LogP contribution is -2.33.